The molecule has 0 radical (unpaired) electrons. The number of fused-ring (bicyclic) bond motifs is 1. The van der Waals surface area contributed by atoms with Crippen LogP contribution < -0.4 is 5.32 Å². The van der Waals surface area contributed by atoms with Gasteiger partial charge in [-0.1, -0.05) is 30.0 Å². The molecule has 4 bridgehead atoms. The molecular weight excluding hydrogens is 488 g/mol. The summed E-state index contributed by atoms with van der Waals surface area (Å²) in [7, 11) is 0. The van der Waals surface area contributed by atoms with E-state index in [1.165, 1.54) is 38.5 Å². The average molecular weight is 521 g/mol. The van der Waals surface area contributed by atoms with Crippen LogP contribution in [0.15, 0.2) is 76.7 Å². The molecule has 2 aromatic carbocycles. The third kappa shape index (κ3) is 4.66. The molecule has 0 saturated heterocycles. The molecule has 5 nitrogen and oxygen atoms in total. The second-order valence-corrected chi connectivity index (χ2v) is 12.7. The molecule has 4 aliphatic carbocycles. The van der Waals surface area contributed by atoms with Gasteiger partial charge in [0.1, 0.15) is 0 Å². The van der Waals surface area contributed by atoms with Crippen molar-refractivity contribution in [3.05, 3.63) is 83.8 Å². The number of rotatable bonds is 7. The summed E-state index contributed by atoms with van der Waals surface area (Å²) < 4.78 is 0. The van der Waals surface area contributed by atoms with Gasteiger partial charge in [0, 0.05) is 27.9 Å². The summed E-state index contributed by atoms with van der Waals surface area (Å²) in [6, 6.07) is 20.1. The number of carbonyl (C=O) groups is 1. The molecule has 8 rings (SSSR count). The minimum absolute atomic E-state index is 0.0495. The van der Waals surface area contributed by atoms with Crippen LogP contribution in [0.4, 0.5) is 0 Å². The molecule has 0 aliphatic heterocycles. The smallest absolute Gasteiger partial charge is 0.252 e. The highest BCUT2D eigenvalue weighted by molar-refractivity contribution is 7.99. The van der Waals surface area contributed by atoms with Gasteiger partial charge in [-0.15, -0.1) is 0 Å². The first-order valence-electron chi connectivity index (χ1n) is 13.7. The van der Waals surface area contributed by atoms with E-state index < -0.39 is 0 Å². The van der Waals surface area contributed by atoms with Crippen LogP contribution in [0.5, 0.6) is 0 Å². The number of nitrogens with zero attached hydrogens (tertiary/aromatic N) is 2. The van der Waals surface area contributed by atoms with Crippen molar-refractivity contribution in [2.75, 3.05) is 6.54 Å². The third-order valence-corrected chi connectivity index (χ3v) is 9.88. The Morgan fingerprint density at radius 2 is 1.74 bits per heavy atom. The molecule has 6 heteroatoms. The van der Waals surface area contributed by atoms with Crippen molar-refractivity contribution >= 4 is 40.7 Å². The lowest BCUT2D eigenvalue weighted by Gasteiger charge is -2.56. The van der Waals surface area contributed by atoms with Gasteiger partial charge >= 0.3 is 0 Å². The number of hydrogen-bond acceptors (Lipinski definition) is 4. The highest BCUT2D eigenvalue weighted by Gasteiger charge is 2.50. The quantitative estimate of drug-likeness (QED) is 0.270. The van der Waals surface area contributed by atoms with Gasteiger partial charge in [0.25, 0.3) is 5.91 Å². The van der Waals surface area contributed by atoms with E-state index in [4.69, 9.17) is 0 Å². The number of pyridine rings is 1. The molecule has 2 aromatic heterocycles. The minimum Gasteiger partial charge on any atom is -0.351 e. The van der Waals surface area contributed by atoms with Crippen LogP contribution in [0, 0.1) is 23.2 Å². The van der Waals surface area contributed by atoms with E-state index in [0.717, 1.165) is 61.9 Å². The molecule has 0 spiro atoms. The molecular formula is C32H32N4OS. The molecule has 4 aromatic rings. The predicted molar refractivity (Wildman–Crippen MR) is 153 cm³/mol. The van der Waals surface area contributed by atoms with Gasteiger partial charge in [0.2, 0.25) is 0 Å². The van der Waals surface area contributed by atoms with Crippen LogP contribution in [0.25, 0.3) is 23.1 Å². The van der Waals surface area contributed by atoms with Gasteiger partial charge < -0.3 is 5.32 Å². The van der Waals surface area contributed by atoms with Gasteiger partial charge in [-0.25, -0.2) is 0 Å². The highest BCUT2D eigenvalue weighted by Crippen LogP contribution is 2.59. The summed E-state index contributed by atoms with van der Waals surface area (Å²) in [5.41, 5.74) is 3.84. The number of aromatic amines is 1. The van der Waals surface area contributed by atoms with Crippen molar-refractivity contribution in [2.24, 2.45) is 23.2 Å². The molecule has 4 fully saturated rings. The summed E-state index contributed by atoms with van der Waals surface area (Å²) in [5.74, 6) is 2.73. The monoisotopic (exact) mass is 520 g/mol. The number of nitrogens with one attached hydrogen (secondary N) is 2. The lowest BCUT2D eigenvalue weighted by atomic mass is 9.49. The normalized spacial score (nSPS) is 25.8. The van der Waals surface area contributed by atoms with Crippen LogP contribution >= 0.6 is 11.8 Å². The van der Waals surface area contributed by atoms with Crippen LogP contribution in [0.1, 0.15) is 60.3 Å². The fourth-order valence-corrected chi connectivity index (χ4v) is 8.57. The lowest BCUT2D eigenvalue weighted by molar-refractivity contribution is -0.0503. The number of hydrogen-bond donors (Lipinski definition) is 2. The van der Waals surface area contributed by atoms with E-state index in [-0.39, 0.29) is 5.91 Å². The van der Waals surface area contributed by atoms with Gasteiger partial charge in [0.15, 0.2) is 0 Å². The zero-order valence-electron chi connectivity index (χ0n) is 21.4. The summed E-state index contributed by atoms with van der Waals surface area (Å²) in [4.78, 5) is 19.8. The lowest BCUT2D eigenvalue weighted by Crippen LogP contribution is -2.51. The third-order valence-electron chi connectivity index (χ3n) is 8.81. The Kier molecular flexibility index (Phi) is 6.08. The first-order chi connectivity index (χ1) is 18.6. The Balaban J connectivity index is 1.06. The number of aromatic nitrogens is 3. The van der Waals surface area contributed by atoms with Crippen molar-refractivity contribution < 1.29 is 4.79 Å². The van der Waals surface area contributed by atoms with E-state index in [2.05, 4.69) is 38.7 Å². The molecule has 2 heterocycles. The van der Waals surface area contributed by atoms with Crippen LogP contribution in [-0.2, 0) is 0 Å². The SMILES string of the molecule is O=C(NCC12CC3CC(CC(C3)C1)C2)c1ccccc1Sc1ccc2c(/C=C/c3ccccn3)n[nH]c2c1. The molecule has 2 N–H and O–H groups in total. The fourth-order valence-electron chi connectivity index (χ4n) is 7.59. The van der Waals surface area contributed by atoms with Crippen LogP contribution in [0.3, 0.4) is 0 Å². The Hall–Kier alpha value is -3.38. The van der Waals surface area contributed by atoms with Crippen molar-refractivity contribution in [1.29, 1.82) is 0 Å². The van der Waals surface area contributed by atoms with E-state index in [1.54, 1.807) is 18.0 Å². The number of carbonyl (C=O) groups excluding carboxylic acids is 1. The summed E-state index contributed by atoms with van der Waals surface area (Å²) in [6.45, 7) is 0.823. The zero-order chi connectivity index (χ0) is 25.5. The van der Waals surface area contributed by atoms with E-state index in [0.29, 0.717) is 5.41 Å². The highest BCUT2D eigenvalue weighted by atomic mass is 32.2. The van der Waals surface area contributed by atoms with Crippen molar-refractivity contribution in [3.63, 3.8) is 0 Å². The molecule has 4 saturated carbocycles. The predicted octanol–water partition coefficient (Wildman–Crippen LogP) is 7.23. The van der Waals surface area contributed by atoms with Gasteiger partial charge in [-0.3, -0.25) is 14.9 Å². The maximum Gasteiger partial charge on any atom is 0.252 e. The van der Waals surface area contributed by atoms with Gasteiger partial charge in [-0.2, -0.15) is 5.10 Å². The second kappa shape index (κ2) is 9.73. The molecule has 0 atom stereocenters. The minimum atomic E-state index is 0.0495. The van der Waals surface area contributed by atoms with Crippen LogP contribution in [-0.4, -0.2) is 27.6 Å². The van der Waals surface area contributed by atoms with Gasteiger partial charge in [0.05, 0.1) is 22.5 Å². The second-order valence-electron chi connectivity index (χ2n) is 11.6. The topological polar surface area (TPSA) is 70.7 Å². The molecule has 1 amide bonds. The first kappa shape index (κ1) is 23.7. The molecule has 192 valence electrons. The standard InChI is InChI=1S/C32H32N4OS/c37-31(34-20-32-17-21-13-22(18-32)15-23(14-21)19-32)27-6-1-2-7-30(27)38-25-9-10-26-28(35-36-29(26)16-25)11-8-24-5-3-4-12-33-24/h1-12,16,21-23H,13-15,17-20H2,(H,34,37)(H,35,36)/b11-8+. The maximum atomic E-state index is 13.4. The van der Waals surface area contributed by atoms with E-state index in [1.807, 2.05) is 54.6 Å². The van der Waals surface area contributed by atoms with Gasteiger partial charge in [-0.05, 0) is 116 Å². The largest absolute Gasteiger partial charge is 0.351 e. The van der Waals surface area contributed by atoms with Crippen molar-refractivity contribution in [2.45, 2.75) is 48.3 Å². The number of amides is 1. The summed E-state index contributed by atoms with van der Waals surface area (Å²) >= 11 is 1.63. The molecule has 38 heavy (non-hydrogen) atoms. The Morgan fingerprint density at radius 1 is 0.974 bits per heavy atom. The molecule has 0 unspecified atom stereocenters. The Bertz CT molecular complexity index is 1470. The fraction of sp³-hybridized carbons (Fsp3) is 0.344. The number of benzene rings is 2. The van der Waals surface area contributed by atoms with Crippen molar-refractivity contribution in [3.8, 4) is 0 Å². The maximum absolute atomic E-state index is 13.4. The summed E-state index contributed by atoms with van der Waals surface area (Å²) in [5, 5.41) is 12.1. The molecule has 4 aliphatic rings. The Morgan fingerprint density at radius 3 is 2.50 bits per heavy atom. The van der Waals surface area contributed by atoms with E-state index in [9.17, 15) is 4.79 Å². The summed E-state index contributed by atoms with van der Waals surface area (Å²) in [6.07, 6.45) is 13.9. The first-order valence-corrected chi connectivity index (χ1v) is 14.6. The van der Waals surface area contributed by atoms with E-state index >= 15 is 0 Å². The van der Waals surface area contributed by atoms with Crippen molar-refractivity contribution in [1.82, 2.24) is 20.5 Å². The van der Waals surface area contributed by atoms with Crippen LogP contribution in [0.2, 0.25) is 0 Å². The average Bonchev–Trinajstić information content (AvgIpc) is 3.33. The zero-order valence-corrected chi connectivity index (χ0v) is 22.2. The Labute approximate surface area is 227 Å². The number of H-pyrrole nitrogens is 1.